The van der Waals surface area contributed by atoms with Gasteiger partial charge in [-0.3, -0.25) is 14.4 Å². The molecule has 0 radical (unpaired) electrons. The molecular formula is C19H23N3O2. The monoisotopic (exact) mass is 325 g/mol. The van der Waals surface area contributed by atoms with Crippen molar-refractivity contribution in [2.75, 3.05) is 13.1 Å². The molecular weight excluding hydrogens is 302 g/mol. The van der Waals surface area contributed by atoms with Crippen LogP contribution in [0.25, 0.3) is 11.3 Å². The van der Waals surface area contributed by atoms with Crippen molar-refractivity contribution >= 4 is 5.97 Å². The van der Waals surface area contributed by atoms with Crippen LogP contribution in [0, 0.1) is 5.92 Å². The molecule has 1 aliphatic carbocycles. The van der Waals surface area contributed by atoms with E-state index in [9.17, 15) is 4.79 Å². The molecule has 2 heterocycles. The fourth-order valence-electron chi connectivity index (χ4n) is 3.95. The summed E-state index contributed by atoms with van der Waals surface area (Å²) in [6.45, 7) is 2.05. The van der Waals surface area contributed by atoms with E-state index >= 15 is 0 Å². The van der Waals surface area contributed by atoms with E-state index in [4.69, 9.17) is 10.2 Å². The molecule has 4 rings (SSSR count). The van der Waals surface area contributed by atoms with Crippen molar-refractivity contribution in [3.05, 3.63) is 42.1 Å². The molecule has 0 unspecified atom stereocenters. The average Bonchev–Trinajstić information content (AvgIpc) is 3.20. The summed E-state index contributed by atoms with van der Waals surface area (Å²) >= 11 is 0. The van der Waals surface area contributed by atoms with Crippen LogP contribution in [0.2, 0.25) is 0 Å². The highest BCUT2D eigenvalue weighted by Crippen LogP contribution is 2.35. The molecule has 1 N–H and O–H groups in total. The topological polar surface area (TPSA) is 58.4 Å². The SMILES string of the molecule is O=C(O)C1CN(Cc2cnn(C3CCCC3)c2-c2ccccc2)C1. The van der Waals surface area contributed by atoms with Crippen LogP contribution < -0.4 is 0 Å². The first-order valence-corrected chi connectivity index (χ1v) is 8.79. The first-order valence-electron chi connectivity index (χ1n) is 8.79. The van der Waals surface area contributed by atoms with Gasteiger partial charge >= 0.3 is 5.97 Å². The van der Waals surface area contributed by atoms with E-state index < -0.39 is 5.97 Å². The molecule has 5 heteroatoms. The number of benzene rings is 1. The number of rotatable bonds is 5. The number of hydrogen-bond donors (Lipinski definition) is 1. The summed E-state index contributed by atoms with van der Waals surface area (Å²) in [5.41, 5.74) is 3.62. The number of carbonyl (C=O) groups is 1. The standard InChI is InChI=1S/C19H23N3O2/c23-19(24)16-12-21(13-16)11-15-10-20-22(17-8-4-5-9-17)18(15)14-6-2-1-3-7-14/h1-3,6-7,10,16-17H,4-5,8-9,11-13H2,(H,23,24). The molecule has 1 saturated heterocycles. The van der Waals surface area contributed by atoms with Crippen LogP contribution in [-0.2, 0) is 11.3 Å². The van der Waals surface area contributed by atoms with E-state index in [-0.39, 0.29) is 5.92 Å². The van der Waals surface area contributed by atoms with Gasteiger partial charge in [0.25, 0.3) is 0 Å². The molecule has 1 aromatic heterocycles. The second-order valence-electron chi connectivity index (χ2n) is 7.00. The third-order valence-corrected chi connectivity index (χ3v) is 5.29. The van der Waals surface area contributed by atoms with Crippen molar-refractivity contribution in [2.45, 2.75) is 38.3 Å². The Bertz CT molecular complexity index is 713. The fourth-order valence-corrected chi connectivity index (χ4v) is 3.95. The number of likely N-dealkylation sites (tertiary alicyclic amines) is 1. The van der Waals surface area contributed by atoms with Crippen molar-refractivity contribution in [3.8, 4) is 11.3 Å². The lowest BCUT2D eigenvalue weighted by Crippen LogP contribution is -2.49. The van der Waals surface area contributed by atoms with Gasteiger partial charge in [0.2, 0.25) is 0 Å². The summed E-state index contributed by atoms with van der Waals surface area (Å²) in [4.78, 5) is 13.2. The molecule has 0 spiro atoms. The molecule has 2 aliphatic rings. The van der Waals surface area contributed by atoms with Gasteiger partial charge in [-0.2, -0.15) is 5.10 Å². The Kier molecular flexibility index (Phi) is 4.10. The Morgan fingerprint density at radius 1 is 1.17 bits per heavy atom. The average molecular weight is 325 g/mol. The van der Waals surface area contributed by atoms with E-state index in [1.54, 1.807) is 0 Å². The quantitative estimate of drug-likeness (QED) is 0.917. The molecule has 0 amide bonds. The Morgan fingerprint density at radius 2 is 1.88 bits per heavy atom. The van der Waals surface area contributed by atoms with Crippen molar-refractivity contribution in [1.29, 1.82) is 0 Å². The lowest BCUT2D eigenvalue weighted by atomic mass is 9.99. The largest absolute Gasteiger partial charge is 0.481 e. The predicted octanol–water partition coefficient (Wildman–Crippen LogP) is 3.18. The maximum Gasteiger partial charge on any atom is 0.309 e. The minimum atomic E-state index is -0.684. The van der Waals surface area contributed by atoms with E-state index in [0.717, 1.165) is 6.54 Å². The van der Waals surface area contributed by atoms with Gasteiger partial charge in [0.15, 0.2) is 0 Å². The van der Waals surface area contributed by atoms with Gasteiger partial charge in [-0.05, 0) is 12.8 Å². The van der Waals surface area contributed by atoms with E-state index in [0.29, 0.717) is 19.1 Å². The van der Waals surface area contributed by atoms with Crippen LogP contribution in [0.5, 0.6) is 0 Å². The molecule has 0 atom stereocenters. The molecule has 0 bridgehead atoms. The van der Waals surface area contributed by atoms with E-state index in [1.165, 1.54) is 42.5 Å². The second-order valence-corrected chi connectivity index (χ2v) is 7.00. The molecule has 2 aromatic rings. The lowest BCUT2D eigenvalue weighted by Gasteiger charge is -2.36. The van der Waals surface area contributed by atoms with Crippen LogP contribution in [0.3, 0.4) is 0 Å². The molecule has 24 heavy (non-hydrogen) atoms. The van der Waals surface area contributed by atoms with Crippen molar-refractivity contribution < 1.29 is 9.90 Å². The summed E-state index contributed by atoms with van der Waals surface area (Å²) in [6.07, 6.45) is 6.94. The predicted molar refractivity (Wildman–Crippen MR) is 91.6 cm³/mol. The van der Waals surface area contributed by atoms with Crippen LogP contribution in [0.4, 0.5) is 0 Å². The first-order chi connectivity index (χ1) is 11.7. The summed E-state index contributed by atoms with van der Waals surface area (Å²) in [5.74, 6) is -0.897. The third kappa shape index (κ3) is 2.84. The van der Waals surface area contributed by atoms with Crippen LogP contribution >= 0.6 is 0 Å². The first kappa shape index (κ1) is 15.4. The number of hydrogen-bond acceptors (Lipinski definition) is 3. The third-order valence-electron chi connectivity index (χ3n) is 5.29. The zero-order chi connectivity index (χ0) is 16.5. The minimum absolute atomic E-state index is 0.213. The number of carboxylic acids is 1. The number of aromatic nitrogens is 2. The maximum absolute atomic E-state index is 11.0. The summed E-state index contributed by atoms with van der Waals surface area (Å²) in [6, 6.07) is 10.9. The number of nitrogens with zero attached hydrogens (tertiary/aromatic N) is 3. The highest BCUT2D eigenvalue weighted by Gasteiger charge is 2.33. The Labute approximate surface area is 141 Å². The van der Waals surface area contributed by atoms with Gasteiger partial charge in [0.1, 0.15) is 0 Å². The Hall–Kier alpha value is -2.14. The molecule has 1 saturated carbocycles. The number of aliphatic carboxylic acids is 1. The van der Waals surface area contributed by atoms with E-state index in [2.05, 4.69) is 33.8 Å². The highest BCUT2D eigenvalue weighted by atomic mass is 16.4. The summed E-state index contributed by atoms with van der Waals surface area (Å²) in [7, 11) is 0. The van der Waals surface area contributed by atoms with Crippen molar-refractivity contribution in [1.82, 2.24) is 14.7 Å². The van der Waals surface area contributed by atoms with Gasteiger partial charge in [0, 0.05) is 30.8 Å². The molecule has 126 valence electrons. The summed E-state index contributed by atoms with van der Waals surface area (Å²) in [5, 5.41) is 13.8. The lowest BCUT2D eigenvalue weighted by molar-refractivity contribution is -0.147. The molecule has 5 nitrogen and oxygen atoms in total. The number of carboxylic acid groups (broad SMARTS) is 1. The van der Waals surface area contributed by atoms with Crippen LogP contribution in [0.1, 0.15) is 37.3 Å². The minimum Gasteiger partial charge on any atom is -0.481 e. The fraction of sp³-hybridized carbons (Fsp3) is 0.474. The molecule has 2 fully saturated rings. The zero-order valence-corrected chi connectivity index (χ0v) is 13.8. The van der Waals surface area contributed by atoms with Gasteiger partial charge in [-0.15, -0.1) is 0 Å². The van der Waals surface area contributed by atoms with E-state index in [1.807, 2.05) is 12.3 Å². The smallest absolute Gasteiger partial charge is 0.309 e. The highest BCUT2D eigenvalue weighted by molar-refractivity contribution is 5.71. The zero-order valence-electron chi connectivity index (χ0n) is 13.8. The van der Waals surface area contributed by atoms with Crippen LogP contribution in [-0.4, -0.2) is 38.8 Å². The van der Waals surface area contributed by atoms with Crippen molar-refractivity contribution in [2.24, 2.45) is 5.92 Å². The van der Waals surface area contributed by atoms with Gasteiger partial charge in [-0.25, -0.2) is 0 Å². The maximum atomic E-state index is 11.0. The normalized spacial score (nSPS) is 19.5. The van der Waals surface area contributed by atoms with Gasteiger partial charge < -0.3 is 5.11 Å². The second kappa shape index (κ2) is 6.40. The molecule has 1 aliphatic heterocycles. The van der Waals surface area contributed by atoms with Crippen LogP contribution in [0.15, 0.2) is 36.5 Å². The summed E-state index contributed by atoms with van der Waals surface area (Å²) < 4.78 is 2.21. The Balaban J connectivity index is 1.61. The molecule has 1 aromatic carbocycles. The Morgan fingerprint density at radius 3 is 2.54 bits per heavy atom. The van der Waals surface area contributed by atoms with Gasteiger partial charge in [-0.1, -0.05) is 43.2 Å². The van der Waals surface area contributed by atoms with Crippen molar-refractivity contribution in [3.63, 3.8) is 0 Å². The van der Waals surface area contributed by atoms with Gasteiger partial charge in [0.05, 0.1) is 23.9 Å².